The van der Waals surface area contributed by atoms with E-state index in [0.717, 1.165) is 0 Å². The van der Waals surface area contributed by atoms with Gasteiger partial charge in [-0.05, 0) is 0 Å². The van der Waals surface area contributed by atoms with Crippen LogP contribution in [0.2, 0.25) is 0 Å². The fourth-order valence-corrected chi connectivity index (χ4v) is 1.95. The fourth-order valence-electron chi connectivity index (χ4n) is 1.95. The molecule has 1 saturated heterocycles. The number of carbonyl (C=O) groups excluding carboxylic acids is 2. The van der Waals surface area contributed by atoms with Crippen molar-refractivity contribution in [3.63, 3.8) is 0 Å². The van der Waals surface area contributed by atoms with Gasteiger partial charge >= 0.3 is 0 Å². The zero-order valence-corrected chi connectivity index (χ0v) is 8.87. The van der Waals surface area contributed by atoms with E-state index in [1.54, 1.807) is 0 Å². The van der Waals surface area contributed by atoms with Gasteiger partial charge in [-0.1, -0.05) is 6.08 Å². The SMILES string of the molecule is O=C1CC=C(C2OC(CO)C(O)C2O)C(=O)N1. The number of aliphatic hydroxyl groups is 3. The minimum Gasteiger partial charge on any atom is -0.394 e. The Morgan fingerprint density at radius 3 is 2.59 bits per heavy atom. The highest BCUT2D eigenvalue weighted by molar-refractivity contribution is 6.08. The maximum Gasteiger partial charge on any atom is 0.256 e. The first kappa shape index (κ1) is 12.2. The standard InChI is InChI=1S/C10H13NO6/c12-3-5-7(14)8(15)9(17-5)4-1-2-6(13)11-10(4)16/h1,5,7-9,12,14-15H,2-3H2,(H,11,13,16). The van der Waals surface area contributed by atoms with Crippen LogP contribution in [0.15, 0.2) is 11.6 Å². The molecule has 2 rings (SSSR count). The van der Waals surface area contributed by atoms with E-state index in [2.05, 4.69) is 5.32 Å². The molecule has 1 fully saturated rings. The summed E-state index contributed by atoms with van der Waals surface area (Å²) in [6.07, 6.45) is -3.11. The molecule has 0 aliphatic carbocycles. The van der Waals surface area contributed by atoms with Gasteiger partial charge in [0.1, 0.15) is 24.4 Å². The van der Waals surface area contributed by atoms with E-state index < -0.39 is 42.8 Å². The summed E-state index contributed by atoms with van der Waals surface area (Å²) in [5.74, 6) is -1.07. The molecule has 17 heavy (non-hydrogen) atoms. The van der Waals surface area contributed by atoms with Crippen LogP contribution in [-0.2, 0) is 14.3 Å². The first-order valence-electron chi connectivity index (χ1n) is 5.21. The second-order valence-electron chi connectivity index (χ2n) is 4.00. The lowest BCUT2D eigenvalue weighted by molar-refractivity contribution is -0.130. The molecule has 0 bridgehead atoms. The molecule has 4 atom stereocenters. The second kappa shape index (κ2) is 4.53. The number of rotatable bonds is 2. The van der Waals surface area contributed by atoms with Crippen LogP contribution in [-0.4, -0.2) is 58.2 Å². The van der Waals surface area contributed by atoms with Crippen molar-refractivity contribution in [3.8, 4) is 0 Å². The van der Waals surface area contributed by atoms with E-state index in [0.29, 0.717) is 0 Å². The Hall–Kier alpha value is -1.28. The van der Waals surface area contributed by atoms with Crippen LogP contribution in [0.5, 0.6) is 0 Å². The van der Waals surface area contributed by atoms with Crippen molar-refractivity contribution in [2.75, 3.05) is 6.61 Å². The predicted octanol–water partition coefficient (Wildman–Crippen LogP) is -2.56. The Labute approximate surface area is 96.7 Å². The fraction of sp³-hybridized carbons (Fsp3) is 0.600. The molecule has 0 spiro atoms. The van der Waals surface area contributed by atoms with Crippen molar-refractivity contribution in [2.24, 2.45) is 0 Å². The minimum atomic E-state index is -1.29. The van der Waals surface area contributed by atoms with Gasteiger partial charge in [0, 0.05) is 12.0 Å². The summed E-state index contributed by atoms with van der Waals surface area (Å²) in [4.78, 5) is 22.4. The van der Waals surface area contributed by atoms with Gasteiger partial charge in [-0.3, -0.25) is 14.9 Å². The van der Waals surface area contributed by atoms with E-state index in [1.807, 2.05) is 0 Å². The maximum absolute atomic E-state index is 11.5. The molecule has 0 aromatic heterocycles. The third kappa shape index (κ3) is 2.09. The molecule has 2 amide bonds. The monoisotopic (exact) mass is 243 g/mol. The molecule has 2 aliphatic rings. The molecule has 7 heteroatoms. The number of hydrogen-bond donors (Lipinski definition) is 4. The first-order chi connectivity index (χ1) is 8.04. The molecule has 0 radical (unpaired) electrons. The van der Waals surface area contributed by atoms with Crippen LogP contribution < -0.4 is 5.32 Å². The van der Waals surface area contributed by atoms with Gasteiger partial charge in [-0.15, -0.1) is 0 Å². The van der Waals surface area contributed by atoms with Crippen molar-refractivity contribution >= 4 is 11.8 Å². The summed E-state index contributed by atoms with van der Waals surface area (Å²) in [5.41, 5.74) is 0.104. The van der Waals surface area contributed by atoms with E-state index >= 15 is 0 Å². The zero-order valence-electron chi connectivity index (χ0n) is 8.87. The van der Waals surface area contributed by atoms with Crippen molar-refractivity contribution in [1.29, 1.82) is 0 Å². The average Bonchev–Trinajstić information content (AvgIpc) is 2.57. The summed E-state index contributed by atoms with van der Waals surface area (Å²) < 4.78 is 5.19. The number of nitrogens with one attached hydrogen (secondary N) is 1. The molecular formula is C10H13NO6. The predicted molar refractivity (Wildman–Crippen MR) is 53.6 cm³/mol. The summed E-state index contributed by atoms with van der Waals surface area (Å²) in [6.45, 7) is -0.456. The van der Waals surface area contributed by atoms with Crippen LogP contribution in [0.25, 0.3) is 0 Å². The lowest BCUT2D eigenvalue weighted by atomic mass is 9.98. The number of ether oxygens (including phenoxy) is 1. The number of amides is 2. The van der Waals surface area contributed by atoms with Crippen LogP contribution in [0.1, 0.15) is 6.42 Å². The molecule has 7 nitrogen and oxygen atoms in total. The second-order valence-corrected chi connectivity index (χ2v) is 4.00. The average molecular weight is 243 g/mol. The highest BCUT2D eigenvalue weighted by Crippen LogP contribution is 2.27. The van der Waals surface area contributed by atoms with Gasteiger partial charge < -0.3 is 20.1 Å². The number of carbonyl (C=O) groups is 2. The summed E-state index contributed by atoms with van der Waals surface area (Å²) in [6, 6.07) is 0. The Kier molecular flexibility index (Phi) is 3.25. The lowest BCUT2D eigenvalue weighted by Gasteiger charge is -2.20. The number of aliphatic hydroxyl groups excluding tert-OH is 3. The van der Waals surface area contributed by atoms with E-state index in [-0.39, 0.29) is 12.0 Å². The largest absolute Gasteiger partial charge is 0.394 e. The number of hydrogen-bond acceptors (Lipinski definition) is 6. The third-order valence-corrected chi connectivity index (χ3v) is 2.87. The topological polar surface area (TPSA) is 116 Å². The lowest BCUT2D eigenvalue weighted by Crippen LogP contribution is -2.42. The normalized spacial score (nSPS) is 37.9. The molecule has 0 aromatic carbocycles. The summed E-state index contributed by atoms with van der Waals surface area (Å²) in [7, 11) is 0. The van der Waals surface area contributed by atoms with Crippen molar-refractivity contribution in [3.05, 3.63) is 11.6 Å². The Bertz CT molecular complexity index is 379. The van der Waals surface area contributed by atoms with Crippen molar-refractivity contribution in [1.82, 2.24) is 5.32 Å². The smallest absolute Gasteiger partial charge is 0.256 e. The highest BCUT2D eigenvalue weighted by atomic mass is 16.6. The molecule has 2 aliphatic heterocycles. The molecule has 4 N–H and O–H groups in total. The highest BCUT2D eigenvalue weighted by Gasteiger charge is 2.46. The molecule has 94 valence electrons. The Balaban J connectivity index is 2.18. The van der Waals surface area contributed by atoms with Crippen molar-refractivity contribution < 1.29 is 29.6 Å². The van der Waals surface area contributed by atoms with Gasteiger partial charge in [0.05, 0.1) is 6.61 Å². The van der Waals surface area contributed by atoms with Gasteiger partial charge in [0.15, 0.2) is 0 Å². The minimum absolute atomic E-state index is 0.0214. The zero-order chi connectivity index (χ0) is 12.6. The molecular weight excluding hydrogens is 230 g/mol. The van der Waals surface area contributed by atoms with E-state index in [9.17, 15) is 19.8 Å². The van der Waals surface area contributed by atoms with Gasteiger partial charge in [0.2, 0.25) is 5.91 Å². The molecule has 2 heterocycles. The van der Waals surface area contributed by atoms with E-state index in [1.165, 1.54) is 6.08 Å². The third-order valence-electron chi connectivity index (χ3n) is 2.87. The van der Waals surface area contributed by atoms with Gasteiger partial charge in [0.25, 0.3) is 5.91 Å². The van der Waals surface area contributed by atoms with E-state index in [4.69, 9.17) is 9.84 Å². The molecule has 0 aromatic rings. The quantitative estimate of drug-likeness (QED) is 0.396. The number of imide groups is 1. The first-order valence-corrected chi connectivity index (χ1v) is 5.21. The Morgan fingerprint density at radius 1 is 1.35 bits per heavy atom. The molecule has 0 saturated carbocycles. The summed E-state index contributed by atoms with van der Waals surface area (Å²) in [5, 5.41) is 30.2. The van der Waals surface area contributed by atoms with Gasteiger partial charge in [-0.2, -0.15) is 0 Å². The maximum atomic E-state index is 11.5. The van der Waals surface area contributed by atoms with Crippen LogP contribution in [0, 0.1) is 0 Å². The Morgan fingerprint density at radius 2 is 2.06 bits per heavy atom. The van der Waals surface area contributed by atoms with Crippen molar-refractivity contribution in [2.45, 2.75) is 30.8 Å². The van der Waals surface area contributed by atoms with Gasteiger partial charge in [-0.25, -0.2) is 0 Å². The molecule has 4 unspecified atom stereocenters. The van der Waals surface area contributed by atoms with Crippen LogP contribution in [0.4, 0.5) is 0 Å². The van der Waals surface area contributed by atoms with Crippen LogP contribution >= 0.6 is 0 Å². The van der Waals surface area contributed by atoms with Crippen LogP contribution in [0.3, 0.4) is 0 Å². The summed E-state index contributed by atoms with van der Waals surface area (Å²) >= 11 is 0.